The van der Waals surface area contributed by atoms with Crippen LogP contribution < -0.4 is 10.0 Å². The highest BCUT2D eigenvalue weighted by Gasteiger charge is 2.21. The van der Waals surface area contributed by atoms with E-state index in [2.05, 4.69) is 10.0 Å². The number of benzene rings is 1. The zero-order valence-corrected chi connectivity index (χ0v) is 13.6. The highest BCUT2D eigenvalue weighted by Crippen LogP contribution is 2.17. The van der Waals surface area contributed by atoms with Crippen LogP contribution in [0.4, 0.5) is 4.39 Å². The Hall–Kier alpha value is -1.02. The quantitative estimate of drug-likeness (QED) is 0.681. The van der Waals surface area contributed by atoms with Crippen LogP contribution in [0.2, 0.25) is 0 Å². The van der Waals surface area contributed by atoms with Crippen molar-refractivity contribution < 1.29 is 12.8 Å². The fraction of sp³-hybridized carbons (Fsp3) is 0.571. The summed E-state index contributed by atoms with van der Waals surface area (Å²) in [5.74, 6) is -0.414. The minimum absolute atomic E-state index is 0.335. The van der Waals surface area contributed by atoms with Gasteiger partial charge in [0.2, 0.25) is 0 Å². The summed E-state index contributed by atoms with van der Waals surface area (Å²) in [4.78, 5) is 0. The molecule has 0 heterocycles. The Balaban J connectivity index is 2.61. The van der Waals surface area contributed by atoms with Gasteiger partial charge in [-0.25, -0.2) is 4.39 Å². The third kappa shape index (κ3) is 5.70. The standard InChI is InChI=1S/C14H24FN3O2S/c1-4-16-10-7-11-18(3)21(19,20)17-12(2)13-8-5-6-9-14(13)15/h5-6,8-9,12,16-17H,4,7,10-11H2,1-3H3. The van der Waals surface area contributed by atoms with Gasteiger partial charge in [-0.3, -0.25) is 0 Å². The van der Waals surface area contributed by atoms with E-state index in [4.69, 9.17) is 0 Å². The molecule has 7 heteroatoms. The second-order valence-electron chi connectivity index (χ2n) is 4.89. The molecule has 0 aromatic heterocycles. The summed E-state index contributed by atoms with van der Waals surface area (Å²) < 4.78 is 41.7. The van der Waals surface area contributed by atoms with Gasteiger partial charge in [0.1, 0.15) is 5.82 Å². The number of hydrogen-bond acceptors (Lipinski definition) is 3. The number of halogens is 1. The summed E-state index contributed by atoms with van der Waals surface area (Å²) >= 11 is 0. The van der Waals surface area contributed by atoms with Crippen LogP contribution in [-0.2, 0) is 10.2 Å². The molecule has 0 aliphatic carbocycles. The lowest BCUT2D eigenvalue weighted by molar-refractivity contribution is 0.438. The van der Waals surface area contributed by atoms with E-state index in [9.17, 15) is 12.8 Å². The Morgan fingerprint density at radius 3 is 2.62 bits per heavy atom. The molecule has 0 saturated heterocycles. The molecule has 0 fully saturated rings. The Bertz CT molecular complexity index is 537. The predicted molar refractivity (Wildman–Crippen MR) is 82.7 cm³/mol. The van der Waals surface area contributed by atoms with Crippen LogP contribution in [-0.4, -0.2) is 39.4 Å². The predicted octanol–water partition coefficient (Wildman–Crippen LogP) is 1.65. The fourth-order valence-electron chi connectivity index (χ4n) is 1.93. The van der Waals surface area contributed by atoms with Crippen LogP contribution in [0.1, 0.15) is 31.9 Å². The van der Waals surface area contributed by atoms with Crippen LogP contribution in [0.15, 0.2) is 24.3 Å². The second-order valence-corrected chi connectivity index (χ2v) is 6.70. The van der Waals surface area contributed by atoms with Gasteiger partial charge >= 0.3 is 0 Å². The second kappa shape index (κ2) is 8.43. The molecule has 0 spiro atoms. The molecular formula is C14H24FN3O2S. The van der Waals surface area contributed by atoms with Crippen LogP contribution in [0.25, 0.3) is 0 Å². The van der Waals surface area contributed by atoms with Crippen molar-refractivity contribution in [1.29, 1.82) is 0 Å². The molecule has 1 aromatic rings. The molecule has 0 amide bonds. The molecule has 120 valence electrons. The third-order valence-corrected chi connectivity index (χ3v) is 4.84. The number of hydrogen-bond donors (Lipinski definition) is 2. The van der Waals surface area contributed by atoms with Gasteiger partial charge in [-0.2, -0.15) is 17.4 Å². The summed E-state index contributed by atoms with van der Waals surface area (Å²) in [6.45, 7) is 5.66. The van der Waals surface area contributed by atoms with Gasteiger partial charge in [-0.15, -0.1) is 0 Å². The smallest absolute Gasteiger partial charge is 0.279 e. The first kappa shape index (κ1) is 18.0. The zero-order chi connectivity index (χ0) is 15.9. The molecule has 0 radical (unpaired) electrons. The number of rotatable bonds is 9. The lowest BCUT2D eigenvalue weighted by Gasteiger charge is -2.21. The van der Waals surface area contributed by atoms with Gasteiger partial charge < -0.3 is 5.32 Å². The minimum atomic E-state index is -3.62. The molecule has 1 atom stereocenters. The molecule has 0 aliphatic heterocycles. The van der Waals surface area contributed by atoms with E-state index >= 15 is 0 Å². The van der Waals surface area contributed by atoms with E-state index in [1.807, 2.05) is 6.92 Å². The maximum Gasteiger partial charge on any atom is 0.279 e. The van der Waals surface area contributed by atoms with Crippen molar-refractivity contribution in [3.63, 3.8) is 0 Å². The molecule has 0 saturated carbocycles. The van der Waals surface area contributed by atoms with Gasteiger partial charge in [0.05, 0.1) is 0 Å². The molecule has 2 N–H and O–H groups in total. The molecule has 1 unspecified atom stereocenters. The van der Waals surface area contributed by atoms with Crippen molar-refractivity contribution in [2.75, 3.05) is 26.7 Å². The summed E-state index contributed by atoms with van der Waals surface area (Å²) in [6.07, 6.45) is 0.722. The van der Waals surface area contributed by atoms with Crippen LogP contribution >= 0.6 is 0 Å². The summed E-state index contributed by atoms with van der Waals surface area (Å²) in [6, 6.07) is 5.54. The summed E-state index contributed by atoms with van der Waals surface area (Å²) in [5.41, 5.74) is 0.335. The van der Waals surface area contributed by atoms with Crippen molar-refractivity contribution >= 4 is 10.2 Å². The van der Waals surface area contributed by atoms with Gasteiger partial charge in [-0.1, -0.05) is 25.1 Å². The lowest BCUT2D eigenvalue weighted by Crippen LogP contribution is -2.40. The van der Waals surface area contributed by atoms with E-state index in [0.717, 1.165) is 19.5 Å². The van der Waals surface area contributed by atoms with Crippen molar-refractivity contribution in [1.82, 2.24) is 14.3 Å². The van der Waals surface area contributed by atoms with Crippen LogP contribution in [0, 0.1) is 5.82 Å². The topological polar surface area (TPSA) is 61.4 Å². The average molecular weight is 317 g/mol. The fourth-order valence-corrected chi connectivity index (χ4v) is 3.05. The first-order valence-corrected chi connectivity index (χ1v) is 8.51. The lowest BCUT2D eigenvalue weighted by atomic mass is 10.1. The molecule has 1 aromatic carbocycles. The SMILES string of the molecule is CCNCCCN(C)S(=O)(=O)NC(C)c1ccccc1F. The van der Waals surface area contributed by atoms with E-state index in [1.54, 1.807) is 25.1 Å². The van der Waals surface area contributed by atoms with Crippen molar-refractivity contribution in [2.45, 2.75) is 26.3 Å². The largest absolute Gasteiger partial charge is 0.317 e. The van der Waals surface area contributed by atoms with Gasteiger partial charge in [-0.05, 0) is 32.5 Å². The number of nitrogens with zero attached hydrogens (tertiary/aromatic N) is 1. The minimum Gasteiger partial charge on any atom is -0.317 e. The highest BCUT2D eigenvalue weighted by atomic mass is 32.2. The molecule has 21 heavy (non-hydrogen) atoms. The Morgan fingerprint density at radius 2 is 2.00 bits per heavy atom. The maximum atomic E-state index is 13.6. The zero-order valence-electron chi connectivity index (χ0n) is 12.8. The van der Waals surface area contributed by atoms with Crippen molar-refractivity contribution in [3.05, 3.63) is 35.6 Å². The number of nitrogens with one attached hydrogen (secondary N) is 2. The molecule has 5 nitrogen and oxygen atoms in total. The Labute approximate surface area is 126 Å². The highest BCUT2D eigenvalue weighted by molar-refractivity contribution is 7.87. The molecular weight excluding hydrogens is 293 g/mol. The van der Waals surface area contributed by atoms with Gasteiger partial charge in [0, 0.05) is 25.2 Å². The monoisotopic (exact) mass is 317 g/mol. The summed E-state index contributed by atoms with van der Waals surface area (Å²) in [5, 5.41) is 3.14. The summed E-state index contributed by atoms with van der Waals surface area (Å²) in [7, 11) is -2.11. The third-order valence-electron chi connectivity index (χ3n) is 3.18. The van der Waals surface area contributed by atoms with E-state index in [1.165, 1.54) is 17.4 Å². The Morgan fingerprint density at radius 1 is 1.33 bits per heavy atom. The Kier molecular flexibility index (Phi) is 7.24. The average Bonchev–Trinajstić information content (AvgIpc) is 2.43. The van der Waals surface area contributed by atoms with Crippen molar-refractivity contribution in [2.24, 2.45) is 0 Å². The normalized spacial score (nSPS) is 13.6. The van der Waals surface area contributed by atoms with Gasteiger partial charge in [0.25, 0.3) is 10.2 Å². The molecule has 0 bridgehead atoms. The van der Waals surface area contributed by atoms with Crippen molar-refractivity contribution in [3.8, 4) is 0 Å². The first-order chi connectivity index (χ1) is 9.88. The van der Waals surface area contributed by atoms with E-state index < -0.39 is 22.1 Å². The van der Waals surface area contributed by atoms with E-state index in [-0.39, 0.29) is 0 Å². The first-order valence-electron chi connectivity index (χ1n) is 7.07. The molecule has 1 rings (SSSR count). The van der Waals surface area contributed by atoms with Crippen LogP contribution in [0.5, 0.6) is 0 Å². The van der Waals surface area contributed by atoms with Crippen LogP contribution in [0.3, 0.4) is 0 Å². The van der Waals surface area contributed by atoms with E-state index in [0.29, 0.717) is 12.1 Å². The van der Waals surface area contributed by atoms with Gasteiger partial charge in [0.15, 0.2) is 0 Å². The maximum absolute atomic E-state index is 13.6. The molecule has 0 aliphatic rings.